The summed E-state index contributed by atoms with van der Waals surface area (Å²) in [7, 11) is 0. The standard InChI is InChI=1S/C54H34N2O/c1-3-12-35(13-4-1)36-22-26-40(27-23-36)55-50-30-25-39(33-47(50)54-42(18-11-20-51(54)55)37-14-5-2-6-15-37)38-24-29-49-45(32-38)43-16-7-9-19-48(43)56(49)41-28-31-53-46(34-41)44-17-8-10-21-52(44)57-53/h1-34H/i7D,9D,16D,19D,24D,29D,32D. The van der Waals surface area contributed by atoms with Crippen LogP contribution in [0.5, 0.6) is 0 Å². The van der Waals surface area contributed by atoms with Gasteiger partial charge < -0.3 is 13.6 Å². The fourth-order valence-corrected chi connectivity index (χ4v) is 8.57. The van der Waals surface area contributed by atoms with Crippen LogP contribution in [0.15, 0.2) is 211 Å². The van der Waals surface area contributed by atoms with Crippen LogP contribution in [-0.2, 0) is 0 Å². The molecular weight excluding hydrogens is 693 g/mol. The predicted molar refractivity (Wildman–Crippen MR) is 239 cm³/mol. The quantitative estimate of drug-likeness (QED) is 0.173. The average Bonchev–Trinajstić information content (AvgIpc) is 4.01. The minimum Gasteiger partial charge on any atom is -0.456 e. The number of aromatic nitrogens is 2. The van der Waals surface area contributed by atoms with E-state index in [1.807, 2.05) is 91.0 Å². The van der Waals surface area contributed by atoms with Gasteiger partial charge in [0.1, 0.15) is 11.2 Å². The first-order valence-electron chi connectivity index (χ1n) is 22.4. The molecule has 3 aromatic heterocycles. The van der Waals surface area contributed by atoms with Crippen molar-refractivity contribution in [1.82, 2.24) is 9.13 Å². The van der Waals surface area contributed by atoms with Crippen LogP contribution in [0.3, 0.4) is 0 Å². The fourth-order valence-electron chi connectivity index (χ4n) is 8.57. The highest BCUT2D eigenvalue weighted by Gasteiger charge is 2.19. The zero-order valence-electron chi connectivity index (χ0n) is 37.4. The van der Waals surface area contributed by atoms with Crippen LogP contribution in [0, 0.1) is 0 Å². The summed E-state index contributed by atoms with van der Waals surface area (Å²) in [6, 6.07) is 52.3. The third-order valence-corrected chi connectivity index (χ3v) is 11.2. The van der Waals surface area contributed by atoms with Gasteiger partial charge in [-0.25, -0.2) is 0 Å². The largest absolute Gasteiger partial charge is 0.456 e. The molecule has 0 amide bonds. The van der Waals surface area contributed by atoms with Crippen LogP contribution < -0.4 is 0 Å². The smallest absolute Gasteiger partial charge is 0.135 e. The minimum absolute atomic E-state index is 0.0949. The second-order valence-corrected chi connectivity index (χ2v) is 14.4. The molecule has 0 unspecified atom stereocenters. The van der Waals surface area contributed by atoms with Crippen molar-refractivity contribution in [3.05, 3.63) is 206 Å². The number of hydrogen-bond acceptors (Lipinski definition) is 1. The van der Waals surface area contributed by atoms with Gasteiger partial charge in [-0.2, -0.15) is 0 Å². The van der Waals surface area contributed by atoms with Crippen LogP contribution in [0.1, 0.15) is 9.60 Å². The molecule has 12 rings (SSSR count). The van der Waals surface area contributed by atoms with Crippen LogP contribution in [0.25, 0.3) is 110 Å². The number of benzene rings is 9. The molecule has 0 aliphatic carbocycles. The molecule has 3 nitrogen and oxygen atoms in total. The fraction of sp³-hybridized carbons (Fsp3) is 0. The van der Waals surface area contributed by atoms with Crippen molar-refractivity contribution >= 4 is 65.6 Å². The molecule has 0 radical (unpaired) electrons. The van der Waals surface area contributed by atoms with Gasteiger partial charge in [0.15, 0.2) is 0 Å². The van der Waals surface area contributed by atoms with Crippen molar-refractivity contribution in [3.63, 3.8) is 0 Å². The molecule has 266 valence electrons. The Morgan fingerprint density at radius 2 is 1.05 bits per heavy atom. The first kappa shape index (κ1) is 25.5. The maximum atomic E-state index is 9.97. The molecule has 0 fully saturated rings. The van der Waals surface area contributed by atoms with Crippen LogP contribution in [0.4, 0.5) is 0 Å². The summed E-state index contributed by atoms with van der Waals surface area (Å²) in [6.07, 6.45) is 0. The van der Waals surface area contributed by atoms with E-state index in [4.69, 9.17) is 7.16 Å². The predicted octanol–water partition coefficient (Wildman–Crippen LogP) is 14.8. The molecule has 0 spiro atoms. The third kappa shape index (κ3) is 4.92. The molecule has 0 bridgehead atoms. The Kier molecular flexibility index (Phi) is 5.56. The van der Waals surface area contributed by atoms with Crippen molar-refractivity contribution < 1.29 is 14.0 Å². The van der Waals surface area contributed by atoms with E-state index in [0.717, 1.165) is 60.5 Å². The molecular formula is C54H34N2O. The number of nitrogens with zero attached hydrogens (tertiary/aromatic N) is 2. The van der Waals surface area contributed by atoms with Crippen molar-refractivity contribution in [1.29, 1.82) is 0 Å². The normalized spacial score (nSPS) is 13.6. The van der Waals surface area contributed by atoms with Gasteiger partial charge in [-0.15, -0.1) is 0 Å². The van der Waals surface area contributed by atoms with E-state index in [-0.39, 0.29) is 57.6 Å². The van der Waals surface area contributed by atoms with Crippen LogP contribution >= 0.6 is 0 Å². The molecule has 0 saturated heterocycles. The van der Waals surface area contributed by atoms with Gasteiger partial charge in [0.05, 0.1) is 31.7 Å². The Hall–Kier alpha value is -7.62. The number of fused-ring (bicyclic) bond motifs is 9. The zero-order valence-corrected chi connectivity index (χ0v) is 30.4. The summed E-state index contributed by atoms with van der Waals surface area (Å²) in [5.41, 5.74) is 10.1. The highest BCUT2D eigenvalue weighted by atomic mass is 16.3. The van der Waals surface area contributed by atoms with E-state index in [1.165, 1.54) is 0 Å². The van der Waals surface area contributed by atoms with Crippen LogP contribution in [-0.4, -0.2) is 9.13 Å². The molecule has 0 saturated carbocycles. The Bertz CT molecular complexity index is 3910. The second kappa shape index (κ2) is 12.5. The molecule has 0 aliphatic heterocycles. The highest BCUT2D eigenvalue weighted by molar-refractivity contribution is 6.17. The lowest BCUT2D eigenvalue weighted by Crippen LogP contribution is -1.94. The minimum atomic E-state index is -0.435. The molecule has 57 heavy (non-hydrogen) atoms. The summed E-state index contributed by atoms with van der Waals surface area (Å²) in [5.74, 6) is 0. The van der Waals surface area contributed by atoms with Gasteiger partial charge in [0.25, 0.3) is 0 Å². The van der Waals surface area contributed by atoms with Gasteiger partial charge in [0.2, 0.25) is 0 Å². The van der Waals surface area contributed by atoms with E-state index in [9.17, 15) is 6.85 Å². The van der Waals surface area contributed by atoms with Crippen molar-refractivity contribution in [2.24, 2.45) is 0 Å². The number of para-hydroxylation sites is 2. The monoisotopic (exact) mass is 733 g/mol. The zero-order chi connectivity index (χ0) is 43.5. The Morgan fingerprint density at radius 1 is 0.368 bits per heavy atom. The summed E-state index contributed by atoms with van der Waals surface area (Å²) >= 11 is 0. The van der Waals surface area contributed by atoms with Gasteiger partial charge in [-0.3, -0.25) is 0 Å². The Labute approximate surface area is 338 Å². The van der Waals surface area contributed by atoms with Gasteiger partial charge >= 0.3 is 0 Å². The first-order valence-corrected chi connectivity index (χ1v) is 18.9. The van der Waals surface area contributed by atoms with Gasteiger partial charge in [-0.05, 0) is 106 Å². The summed E-state index contributed by atoms with van der Waals surface area (Å²) in [6.45, 7) is 0. The number of rotatable bonds is 5. The maximum absolute atomic E-state index is 9.97. The molecule has 3 heteroatoms. The Balaban J connectivity index is 1.14. The number of hydrogen-bond donors (Lipinski definition) is 0. The van der Waals surface area contributed by atoms with Gasteiger partial charge in [-0.1, -0.05) is 133 Å². The number of furan rings is 1. The lowest BCUT2D eigenvalue weighted by atomic mass is 9.97. The van der Waals surface area contributed by atoms with E-state index in [0.29, 0.717) is 22.4 Å². The average molecular weight is 734 g/mol. The third-order valence-electron chi connectivity index (χ3n) is 11.2. The van der Waals surface area contributed by atoms with E-state index in [1.54, 1.807) is 10.6 Å². The first-order chi connectivity index (χ1) is 31.2. The van der Waals surface area contributed by atoms with Crippen molar-refractivity contribution in [3.8, 4) is 44.8 Å². The second-order valence-electron chi connectivity index (χ2n) is 14.4. The molecule has 0 N–H and O–H groups in total. The highest BCUT2D eigenvalue weighted by Crippen LogP contribution is 2.42. The molecule has 3 heterocycles. The topological polar surface area (TPSA) is 23.0 Å². The lowest BCUT2D eigenvalue weighted by molar-refractivity contribution is 0.669. The summed E-state index contributed by atoms with van der Waals surface area (Å²) in [5, 5.41) is 3.86. The summed E-state index contributed by atoms with van der Waals surface area (Å²) < 4.78 is 75.2. The lowest BCUT2D eigenvalue weighted by Gasteiger charge is -2.10. The SMILES string of the molecule is [2H]c1c([2H])c([2H])c2c(c1[2H])c1c([2H])c(-c3ccc4c(c3)c3c(-c5ccccc5)cccc3n4-c3ccc(-c4ccccc4)cc3)c([2H])c([2H])c1n2-c1ccc2oc3ccccc3c2c1. The van der Waals surface area contributed by atoms with Crippen molar-refractivity contribution in [2.45, 2.75) is 0 Å². The van der Waals surface area contributed by atoms with E-state index in [2.05, 4.69) is 71.3 Å². The molecule has 0 atom stereocenters. The van der Waals surface area contributed by atoms with E-state index < -0.39 is 12.1 Å². The molecule has 0 aliphatic rings. The van der Waals surface area contributed by atoms with Crippen LogP contribution in [0.2, 0.25) is 0 Å². The molecule has 9 aromatic carbocycles. The Morgan fingerprint density at radius 3 is 1.91 bits per heavy atom. The molecule has 12 aromatic rings. The van der Waals surface area contributed by atoms with E-state index >= 15 is 0 Å². The van der Waals surface area contributed by atoms with Gasteiger partial charge in [0, 0.05) is 43.7 Å². The van der Waals surface area contributed by atoms with Crippen molar-refractivity contribution in [2.75, 3.05) is 0 Å². The maximum Gasteiger partial charge on any atom is 0.135 e. The summed E-state index contributed by atoms with van der Waals surface area (Å²) in [4.78, 5) is 0.